The van der Waals surface area contributed by atoms with Crippen molar-refractivity contribution in [1.82, 2.24) is 15.0 Å². The first-order valence-electron chi connectivity index (χ1n) is 9.10. The van der Waals surface area contributed by atoms with Gasteiger partial charge in [-0.2, -0.15) is 0 Å². The van der Waals surface area contributed by atoms with E-state index in [0.717, 1.165) is 5.39 Å². The molecule has 0 aliphatic carbocycles. The van der Waals surface area contributed by atoms with Crippen LogP contribution in [0.3, 0.4) is 0 Å². The Hall–Kier alpha value is -2.97. The molecule has 3 aromatic rings. The van der Waals surface area contributed by atoms with Gasteiger partial charge in [0.1, 0.15) is 10.1 Å². The van der Waals surface area contributed by atoms with Crippen LogP contribution in [-0.2, 0) is 14.8 Å². The summed E-state index contributed by atoms with van der Waals surface area (Å²) >= 11 is 6.17. The molecule has 4 rings (SSSR count). The molecular weight excluding hydrogens is 454 g/mol. The molecule has 0 spiro atoms. The van der Waals surface area contributed by atoms with Crippen LogP contribution in [0, 0.1) is 11.8 Å². The Morgan fingerprint density at radius 2 is 2.03 bits per heavy atom. The van der Waals surface area contributed by atoms with E-state index in [1.807, 2.05) is 0 Å². The predicted octanol–water partition coefficient (Wildman–Crippen LogP) is 3.01. The topological polar surface area (TPSA) is 101 Å². The number of pyridine rings is 1. The average molecular weight is 470 g/mol. The smallest absolute Gasteiger partial charge is 0.263 e. The van der Waals surface area contributed by atoms with Gasteiger partial charge in [0.15, 0.2) is 5.58 Å². The van der Waals surface area contributed by atoms with E-state index in [1.54, 1.807) is 43.6 Å². The molecule has 31 heavy (non-hydrogen) atoms. The maximum atomic E-state index is 12.0. The molecule has 10 heteroatoms. The maximum Gasteiger partial charge on any atom is 0.263 e. The van der Waals surface area contributed by atoms with Gasteiger partial charge in [-0.15, -0.1) is 0 Å². The van der Waals surface area contributed by atoms with Crippen molar-refractivity contribution in [3.8, 4) is 11.8 Å². The fraction of sp³-hybridized carbons (Fsp3) is 0.0952. The third-order valence-corrected chi connectivity index (χ3v) is 6.92. The first-order chi connectivity index (χ1) is 14.9. The Bertz CT molecular complexity index is 1400. The highest BCUT2D eigenvalue weighted by molar-refractivity contribution is 8.26. The Morgan fingerprint density at radius 1 is 1.26 bits per heavy atom. The standard InChI is InChI=1S/C21H15N3O4S3/c1-2-23-31(26,27)17-7-4-13(5-8-17)3-6-14-11-22-12-15-9-16(28-19(14)15)10-18-20(25)24-21(29)30-18/h4-5,7-12,23H,2H2,1H3,(H,24,25,29). The molecule has 3 heterocycles. The van der Waals surface area contributed by atoms with Crippen LogP contribution in [0.4, 0.5) is 0 Å². The molecule has 1 aliphatic heterocycles. The van der Waals surface area contributed by atoms with E-state index in [2.05, 4.69) is 26.9 Å². The number of thioether (sulfide) groups is 1. The Kier molecular flexibility index (Phi) is 5.93. The molecule has 156 valence electrons. The van der Waals surface area contributed by atoms with Gasteiger partial charge in [-0.05, 0) is 30.3 Å². The number of fused-ring (bicyclic) bond motifs is 1. The fourth-order valence-electron chi connectivity index (χ4n) is 2.82. The van der Waals surface area contributed by atoms with Gasteiger partial charge in [0, 0.05) is 36.0 Å². The number of amides is 1. The van der Waals surface area contributed by atoms with Crippen LogP contribution < -0.4 is 10.0 Å². The summed E-state index contributed by atoms with van der Waals surface area (Å²) in [4.78, 5) is 16.7. The summed E-state index contributed by atoms with van der Waals surface area (Å²) in [6, 6.07) is 8.07. The second-order valence-electron chi connectivity index (χ2n) is 6.38. The third-order valence-electron chi connectivity index (χ3n) is 4.20. The molecule has 0 saturated carbocycles. The number of nitrogens with one attached hydrogen (secondary N) is 2. The van der Waals surface area contributed by atoms with Crippen LogP contribution in [0.25, 0.3) is 17.0 Å². The van der Waals surface area contributed by atoms with Crippen LogP contribution in [0.5, 0.6) is 0 Å². The van der Waals surface area contributed by atoms with Gasteiger partial charge in [0.2, 0.25) is 10.0 Å². The number of hydrogen-bond donors (Lipinski definition) is 2. The molecular formula is C21H15N3O4S3. The monoisotopic (exact) mass is 469 g/mol. The zero-order chi connectivity index (χ0) is 22.0. The van der Waals surface area contributed by atoms with Crippen molar-refractivity contribution in [2.45, 2.75) is 11.8 Å². The number of thiocarbonyl (C=S) groups is 1. The second-order valence-corrected chi connectivity index (χ2v) is 9.87. The molecule has 2 aromatic heterocycles. The highest BCUT2D eigenvalue weighted by Gasteiger charge is 2.22. The number of rotatable bonds is 4. The molecule has 0 radical (unpaired) electrons. The minimum atomic E-state index is -3.50. The quantitative estimate of drug-likeness (QED) is 0.344. The largest absolute Gasteiger partial charge is 0.455 e. The lowest BCUT2D eigenvalue weighted by Crippen LogP contribution is -2.22. The molecule has 1 aliphatic rings. The highest BCUT2D eigenvalue weighted by atomic mass is 32.2. The van der Waals surface area contributed by atoms with Crippen molar-refractivity contribution in [1.29, 1.82) is 0 Å². The van der Waals surface area contributed by atoms with Crippen molar-refractivity contribution >= 4 is 61.3 Å². The van der Waals surface area contributed by atoms with Gasteiger partial charge in [-0.1, -0.05) is 42.7 Å². The van der Waals surface area contributed by atoms with Crippen molar-refractivity contribution < 1.29 is 17.6 Å². The SMILES string of the molecule is CCNS(=O)(=O)c1ccc(C#Cc2cncc3cc(C=C4SC(=S)NC4=O)oc23)cc1. The van der Waals surface area contributed by atoms with Gasteiger partial charge in [0.05, 0.1) is 15.4 Å². The lowest BCUT2D eigenvalue weighted by atomic mass is 10.2. The summed E-state index contributed by atoms with van der Waals surface area (Å²) in [7, 11) is -3.50. The summed E-state index contributed by atoms with van der Waals surface area (Å²) < 4.78 is 32.8. The lowest BCUT2D eigenvalue weighted by Gasteiger charge is -2.03. The maximum absolute atomic E-state index is 12.0. The van der Waals surface area contributed by atoms with Gasteiger partial charge in [0.25, 0.3) is 5.91 Å². The van der Waals surface area contributed by atoms with Crippen LogP contribution in [-0.4, -0.2) is 30.2 Å². The number of benzene rings is 1. The number of nitrogens with zero attached hydrogens (tertiary/aromatic N) is 1. The van der Waals surface area contributed by atoms with Crippen molar-refractivity contribution in [2.24, 2.45) is 0 Å². The van der Waals surface area contributed by atoms with E-state index < -0.39 is 10.0 Å². The second kappa shape index (κ2) is 8.64. The van der Waals surface area contributed by atoms with Gasteiger partial charge >= 0.3 is 0 Å². The molecule has 1 fully saturated rings. The first-order valence-corrected chi connectivity index (χ1v) is 11.8. The number of aromatic nitrogens is 1. The van der Waals surface area contributed by atoms with Gasteiger partial charge in [-0.3, -0.25) is 9.78 Å². The van der Waals surface area contributed by atoms with Crippen molar-refractivity contribution in [3.05, 3.63) is 64.5 Å². The van der Waals surface area contributed by atoms with E-state index in [0.29, 0.717) is 38.2 Å². The van der Waals surface area contributed by atoms with Crippen molar-refractivity contribution in [2.75, 3.05) is 6.54 Å². The Labute approximate surface area is 188 Å². The zero-order valence-corrected chi connectivity index (χ0v) is 18.6. The summed E-state index contributed by atoms with van der Waals surface area (Å²) in [5, 5.41) is 3.31. The molecule has 0 bridgehead atoms. The van der Waals surface area contributed by atoms with E-state index >= 15 is 0 Å². The average Bonchev–Trinajstić information content (AvgIpc) is 3.28. The molecule has 2 N–H and O–H groups in total. The fourth-order valence-corrected chi connectivity index (χ4v) is 4.89. The normalized spacial score (nSPS) is 15.2. The van der Waals surface area contributed by atoms with E-state index in [1.165, 1.54) is 23.9 Å². The molecule has 1 amide bonds. The van der Waals surface area contributed by atoms with E-state index in [9.17, 15) is 13.2 Å². The Morgan fingerprint density at radius 3 is 2.71 bits per heavy atom. The van der Waals surface area contributed by atoms with Gasteiger partial charge < -0.3 is 9.73 Å². The summed E-state index contributed by atoms with van der Waals surface area (Å²) in [5.74, 6) is 6.24. The van der Waals surface area contributed by atoms with Crippen LogP contribution in [0.15, 0.2) is 56.9 Å². The van der Waals surface area contributed by atoms with Crippen LogP contribution >= 0.6 is 24.0 Å². The van der Waals surface area contributed by atoms with Crippen LogP contribution in [0.1, 0.15) is 23.8 Å². The molecule has 0 unspecified atom stereocenters. The predicted molar refractivity (Wildman–Crippen MR) is 124 cm³/mol. The number of hydrogen-bond acceptors (Lipinski definition) is 7. The van der Waals surface area contributed by atoms with E-state index in [-0.39, 0.29) is 10.8 Å². The molecule has 7 nitrogen and oxygen atoms in total. The Balaban J connectivity index is 1.62. The van der Waals surface area contributed by atoms with Crippen LogP contribution in [0.2, 0.25) is 0 Å². The number of carbonyl (C=O) groups is 1. The third kappa shape index (κ3) is 4.70. The summed E-state index contributed by atoms with van der Waals surface area (Å²) in [5.41, 5.74) is 1.77. The minimum Gasteiger partial charge on any atom is -0.455 e. The zero-order valence-electron chi connectivity index (χ0n) is 16.1. The molecule has 1 saturated heterocycles. The van der Waals surface area contributed by atoms with Gasteiger partial charge in [-0.25, -0.2) is 13.1 Å². The van der Waals surface area contributed by atoms with Crippen molar-refractivity contribution in [3.63, 3.8) is 0 Å². The minimum absolute atomic E-state index is 0.181. The number of sulfonamides is 1. The molecule has 0 atom stereocenters. The molecule has 1 aromatic carbocycles. The van der Waals surface area contributed by atoms with E-state index in [4.69, 9.17) is 16.6 Å². The lowest BCUT2D eigenvalue weighted by molar-refractivity contribution is -0.115. The number of furan rings is 1. The number of carbonyl (C=O) groups excluding carboxylic acids is 1. The summed E-state index contributed by atoms with van der Waals surface area (Å²) in [6.07, 6.45) is 4.87. The highest BCUT2D eigenvalue weighted by Crippen LogP contribution is 2.29. The first kappa shape index (κ1) is 21.3. The summed E-state index contributed by atoms with van der Waals surface area (Å²) in [6.45, 7) is 2.04.